The fraction of sp³-hybridized carbons (Fsp3) is 0.409. The zero-order chi connectivity index (χ0) is 20.4. The summed E-state index contributed by atoms with van der Waals surface area (Å²) >= 11 is 0. The number of rotatable bonds is 6. The molecule has 1 unspecified atom stereocenters. The van der Waals surface area contributed by atoms with Crippen molar-refractivity contribution < 1.29 is 24.2 Å². The second-order valence-corrected chi connectivity index (χ2v) is 7.32. The molecule has 0 amide bonds. The normalized spacial score (nSPS) is 18.4. The van der Waals surface area contributed by atoms with Gasteiger partial charge in [0.05, 0.1) is 19.9 Å². The van der Waals surface area contributed by atoms with Crippen molar-refractivity contribution in [1.29, 1.82) is 0 Å². The number of methoxy groups -OCH3 is 2. The van der Waals surface area contributed by atoms with Gasteiger partial charge in [-0.1, -0.05) is 23.4 Å². The molecule has 154 valence electrons. The molecule has 0 spiro atoms. The van der Waals surface area contributed by atoms with Crippen molar-refractivity contribution in [2.75, 3.05) is 34.6 Å². The van der Waals surface area contributed by atoms with Crippen molar-refractivity contribution >= 4 is 5.71 Å². The number of likely N-dealkylation sites (N-methyl/N-ethyl adjacent to an activating group) is 1. The summed E-state index contributed by atoms with van der Waals surface area (Å²) in [6, 6.07) is 9.84. The summed E-state index contributed by atoms with van der Waals surface area (Å²) < 4.78 is 22.4. The Balaban J connectivity index is 1.67. The standard InChI is InChI=1S/C22H26N2O5/c1-24-9-8-15-11-19-21(29-13-28-19)22(27-3)20(15)17(24)12-16(23-25)10-14-6-4-5-7-18(14)26-2/h4-7,11,17,25H,8-10,12-13H2,1-3H3/b23-16+. The van der Waals surface area contributed by atoms with E-state index in [0.29, 0.717) is 30.1 Å². The Kier molecular flexibility index (Phi) is 5.49. The Bertz CT molecular complexity index is 928. The minimum Gasteiger partial charge on any atom is -0.496 e. The van der Waals surface area contributed by atoms with Crippen LogP contribution in [0.25, 0.3) is 0 Å². The van der Waals surface area contributed by atoms with E-state index in [4.69, 9.17) is 18.9 Å². The number of para-hydroxylation sites is 1. The number of benzene rings is 2. The van der Waals surface area contributed by atoms with E-state index in [1.54, 1.807) is 14.2 Å². The first-order chi connectivity index (χ1) is 14.2. The highest BCUT2D eigenvalue weighted by molar-refractivity contribution is 5.87. The Morgan fingerprint density at radius 2 is 2.07 bits per heavy atom. The molecule has 2 heterocycles. The maximum absolute atomic E-state index is 9.75. The van der Waals surface area contributed by atoms with Crippen molar-refractivity contribution in [3.63, 3.8) is 0 Å². The van der Waals surface area contributed by atoms with E-state index in [1.165, 1.54) is 5.56 Å². The van der Waals surface area contributed by atoms with Crippen LogP contribution in [0, 0.1) is 0 Å². The molecule has 1 atom stereocenters. The van der Waals surface area contributed by atoms with Crippen LogP contribution in [0.4, 0.5) is 0 Å². The van der Waals surface area contributed by atoms with Gasteiger partial charge in [0.25, 0.3) is 0 Å². The zero-order valence-electron chi connectivity index (χ0n) is 17.0. The van der Waals surface area contributed by atoms with E-state index in [9.17, 15) is 5.21 Å². The van der Waals surface area contributed by atoms with Crippen molar-refractivity contribution in [2.45, 2.75) is 25.3 Å². The molecule has 4 rings (SSSR count). The van der Waals surface area contributed by atoms with E-state index < -0.39 is 0 Å². The van der Waals surface area contributed by atoms with Gasteiger partial charge in [0, 0.05) is 31.0 Å². The van der Waals surface area contributed by atoms with Crippen molar-refractivity contribution in [2.24, 2.45) is 5.16 Å². The molecule has 0 radical (unpaired) electrons. The molecule has 2 aromatic rings. The van der Waals surface area contributed by atoms with Gasteiger partial charge in [-0.2, -0.15) is 0 Å². The third-order valence-electron chi connectivity index (χ3n) is 5.70. The largest absolute Gasteiger partial charge is 0.496 e. The van der Waals surface area contributed by atoms with Gasteiger partial charge < -0.3 is 24.2 Å². The maximum atomic E-state index is 9.75. The van der Waals surface area contributed by atoms with Crippen LogP contribution >= 0.6 is 0 Å². The molecule has 0 saturated heterocycles. The fourth-order valence-electron chi connectivity index (χ4n) is 4.22. The van der Waals surface area contributed by atoms with Crippen LogP contribution in [-0.4, -0.2) is 50.4 Å². The minimum atomic E-state index is 0.00353. The molecule has 1 N–H and O–H groups in total. The lowest BCUT2D eigenvalue weighted by molar-refractivity contribution is 0.170. The lowest BCUT2D eigenvalue weighted by atomic mass is 9.87. The highest BCUT2D eigenvalue weighted by atomic mass is 16.7. The number of ether oxygens (including phenoxy) is 4. The number of hydrogen-bond acceptors (Lipinski definition) is 7. The van der Waals surface area contributed by atoms with Gasteiger partial charge in [-0.05, 0) is 36.7 Å². The molecular weight excluding hydrogens is 372 g/mol. The number of hydrogen-bond donors (Lipinski definition) is 1. The van der Waals surface area contributed by atoms with Crippen molar-refractivity contribution in [3.05, 3.63) is 47.0 Å². The first kappa shape index (κ1) is 19.4. The van der Waals surface area contributed by atoms with Crippen molar-refractivity contribution in [1.82, 2.24) is 4.90 Å². The molecule has 2 aliphatic rings. The van der Waals surface area contributed by atoms with Crippen LogP contribution in [0.3, 0.4) is 0 Å². The molecule has 7 heteroatoms. The lowest BCUT2D eigenvalue weighted by Gasteiger charge is -2.36. The van der Waals surface area contributed by atoms with Gasteiger partial charge >= 0.3 is 0 Å². The molecular formula is C22H26N2O5. The predicted octanol–water partition coefficient (Wildman–Crippen LogP) is 3.42. The maximum Gasteiger partial charge on any atom is 0.231 e. The highest BCUT2D eigenvalue weighted by Gasteiger charge is 2.34. The van der Waals surface area contributed by atoms with Gasteiger partial charge in [0.2, 0.25) is 12.5 Å². The van der Waals surface area contributed by atoms with Gasteiger partial charge in [0.1, 0.15) is 5.75 Å². The topological polar surface area (TPSA) is 72.8 Å². The van der Waals surface area contributed by atoms with Crippen molar-refractivity contribution in [3.8, 4) is 23.0 Å². The van der Waals surface area contributed by atoms with Crippen LogP contribution in [0.1, 0.15) is 29.2 Å². The first-order valence-electron chi connectivity index (χ1n) is 9.67. The molecule has 2 aliphatic heterocycles. The summed E-state index contributed by atoms with van der Waals surface area (Å²) in [4.78, 5) is 2.26. The zero-order valence-corrected chi connectivity index (χ0v) is 17.0. The lowest BCUT2D eigenvalue weighted by Crippen LogP contribution is -2.34. The summed E-state index contributed by atoms with van der Waals surface area (Å²) in [5, 5.41) is 13.4. The Hall–Kier alpha value is -2.93. The second-order valence-electron chi connectivity index (χ2n) is 7.32. The summed E-state index contributed by atoms with van der Waals surface area (Å²) in [5.41, 5.74) is 3.92. The Labute approximate surface area is 170 Å². The molecule has 0 fully saturated rings. The molecule has 29 heavy (non-hydrogen) atoms. The van der Waals surface area contributed by atoms with Crippen LogP contribution in [0.5, 0.6) is 23.0 Å². The van der Waals surface area contributed by atoms with E-state index in [-0.39, 0.29) is 12.8 Å². The molecule has 7 nitrogen and oxygen atoms in total. The number of fused-ring (bicyclic) bond motifs is 2. The van der Waals surface area contributed by atoms with Crippen LogP contribution < -0.4 is 18.9 Å². The average Bonchev–Trinajstić information content (AvgIpc) is 3.22. The number of nitrogens with zero attached hydrogens (tertiary/aromatic N) is 2. The smallest absolute Gasteiger partial charge is 0.231 e. The Morgan fingerprint density at radius 1 is 1.24 bits per heavy atom. The van der Waals surface area contributed by atoms with Gasteiger partial charge in [-0.15, -0.1) is 0 Å². The Morgan fingerprint density at radius 3 is 2.83 bits per heavy atom. The van der Waals surface area contributed by atoms with E-state index in [1.807, 2.05) is 24.3 Å². The quantitative estimate of drug-likeness (QED) is 0.457. The predicted molar refractivity (Wildman–Crippen MR) is 109 cm³/mol. The molecule has 0 aromatic heterocycles. The summed E-state index contributed by atoms with van der Waals surface area (Å²) in [6.07, 6.45) is 1.97. The summed E-state index contributed by atoms with van der Waals surface area (Å²) in [6.45, 7) is 1.10. The molecule has 2 aromatic carbocycles. The number of oxime groups is 1. The molecule has 0 aliphatic carbocycles. The summed E-state index contributed by atoms with van der Waals surface area (Å²) in [5.74, 6) is 2.88. The fourth-order valence-corrected chi connectivity index (χ4v) is 4.22. The molecule has 0 bridgehead atoms. The van der Waals surface area contributed by atoms with Gasteiger partial charge in [0.15, 0.2) is 11.5 Å². The molecule has 0 saturated carbocycles. The second kappa shape index (κ2) is 8.21. The van der Waals surface area contributed by atoms with Crippen LogP contribution in [-0.2, 0) is 12.8 Å². The van der Waals surface area contributed by atoms with Gasteiger partial charge in [-0.25, -0.2) is 0 Å². The highest BCUT2D eigenvalue weighted by Crippen LogP contribution is 2.50. The van der Waals surface area contributed by atoms with E-state index >= 15 is 0 Å². The van der Waals surface area contributed by atoms with E-state index in [0.717, 1.165) is 35.6 Å². The van der Waals surface area contributed by atoms with Crippen LogP contribution in [0.2, 0.25) is 0 Å². The van der Waals surface area contributed by atoms with E-state index in [2.05, 4.69) is 23.2 Å². The monoisotopic (exact) mass is 398 g/mol. The SMILES string of the molecule is COc1ccccc1C/C(CC1c2c(cc3c(c2OC)OCO3)CCN1C)=N\O. The third-order valence-corrected chi connectivity index (χ3v) is 5.70. The van der Waals surface area contributed by atoms with Gasteiger partial charge in [-0.3, -0.25) is 4.90 Å². The first-order valence-corrected chi connectivity index (χ1v) is 9.67. The average molecular weight is 398 g/mol. The summed E-state index contributed by atoms with van der Waals surface area (Å²) in [7, 11) is 5.38. The third kappa shape index (κ3) is 3.58. The minimum absolute atomic E-state index is 0.00353. The van der Waals surface area contributed by atoms with Crippen LogP contribution in [0.15, 0.2) is 35.5 Å².